The van der Waals surface area contributed by atoms with E-state index in [2.05, 4.69) is 34.3 Å². The number of hydrogen-bond donors (Lipinski definition) is 2. The van der Waals surface area contributed by atoms with E-state index < -0.39 is 35.6 Å². The predicted molar refractivity (Wildman–Crippen MR) is 260 cm³/mol. The molecule has 0 heterocycles. The molecule has 66 heavy (non-hydrogen) atoms. The normalized spacial score (nSPS) is 16.2. The second kappa shape index (κ2) is 22.9. The van der Waals surface area contributed by atoms with E-state index in [1.807, 2.05) is 123 Å². The third kappa shape index (κ3) is 12.5. The molecule has 6 aromatic rings. The summed E-state index contributed by atoms with van der Waals surface area (Å²) in [5.41, 5.74) is 5.94. The molecule has 0 spiro atoms. The summed E-state index contributed by atoms with van der Waals surface area (Å²) in [4.78, 5) is 54.5. The zero-order valence-electron chi connectivity index (χ0n) is 36.9. The van der Waals surface area contributed by atoms with Crippen molar-refractivity contribution in [1.82, 2.24) is 0 Å². The van der Waals surface area contributed by atoms with Gasteiger partial charge in [-0.2, -0.15) is 0 Å². The maximum Gasteiger partial charge on any atom is 0.335 e. The molecule has 0 bridgehead atoms. The first kappa shape index (κ1) is 45.8. The van der Waals surface area contributed by atoms with Crippen LogP contribution in [0.4, 0.5) is 11.4 Å². The van der Waals surface area contributed by atoms with Crippen LogP contribution in [-0.4, -0.2) is 23.8 Å². The topological polar surface area (TPSA) is 111 Å². The second-order valence-corrected chi connectivity index (χ2v) is 15.8. The summed E-state index contributed by atoms with van der Waals surface area (Å²) < 4.78 is 11.1. The van der Waals surface area contributed by atoms with Crippen molar-refractivity contribution in [2.75, 3.05) is 10.6 Å². The number of ether oxygens (including phenoxy) is 2. The zero-order valence-corrected chi connectivity index (χ0v) is 36.9. The van der Waals surface area contributed by atoms with Crippen molar-refractivity contribution in [2.45, 2.75) is 51.4 Å². The highest BCUT2D eigenvalue weighted by molar-refractivity contribution is 6.01. The van der Waals surface area contributed by atoms with Gasteiger partial charge in [0.15, 0.2) is 0 Å². The van der Waals surface area contributed by atoms with Crippen molar-refractivity contribution in [2.24, 2.45) is 11.8 Å². The van der Waals surface area contributed by atoms with E-state index in [1.54, 1.807) is 60.7 Å². The number of hydrogen-bond acceptors (Lipinski definition) is 6. The Kier molecular flexibility index (Phi) is 15.9. The molecule has 1 fully saturated rings. The lowest BCUT2D eigenvalue weighted by atomic mass is 9.52. The number of allylic oxidation sites excluding steroid dienone is 2. The highest BCUT2D eigenvalue weighted by Gasteiger charge is 2.58. The van der Waals surface area contributed by atoms with Crippen LogP contribution in [0.2, 0.25) is 0 Å². The standard InChI is InChI=1S/C58H50N2O6/c1-3-5-9-19-51(61)65-49-37-29-45(30-38-49)53-55(57(63)59-47-33-25-43(26-34-47)23-21-41-15-11-7-12-16-41)54(46-31-39-50(40-32-46)66-52(62)20-10-6-4-2)56(53)58(64)60-48-35-27-44(28-36-48)24-22-42-17-13-8-14-18-42/h7-20,25-40,53-56H,3-6H2,1-2H3,(H,59,63)(H,60,64)/b19-9+,20-10+. The minimum Gasteiger partial charge on any atom is -0.423 e. The zero-order chi connectivity index (χ0) is 46.1. The molecule has 1 saturated carbocycles. The van der Waals surface area contributed by atoms with Gasteiger partial charge in [0.1, 0.15) is 11.5 Å². The number of carbonyl (C=O) groups excluding carboxylic acids is 4. The van der Waals surface area contributed by atoms with Crippen molar-refractivity contribution in [1.29, 1.82) is 0 Å². The van der Waals surface area contributed by atoms with Crippen LogP contribution in [0, 0.1) is 35.5 Å². The molecule has 0 atom stereocenters. The molecule has 0 unspecified atom stereocenters. The summed E-state index contributed by atoms with van der Waals surface area (Å²) in [6.07, 6.45) is 9.69. The van der Waals surface area contributed by atoms with Gasteiger partial charge < -0.3 is 20.1 Å². The van der Waals surface area contributed by atoms with Gasteiger partial charge in [-0.1, -0.05) is 123 Å². The Bertz CT molecular complexity index is 2590. The first-order chi connectivity index (χ1) is 32.3. The summed E-state index contributed by atoms with van der Waals surface area (Å²) in [6, 6.07) is 48.0. The van der Waals surface area contributed by atoms with Crippen molar-refractivity contribution < 1.29 is 28.7 Å². The van der Waals surface area contributed by atoms with E-state index in [1.165, 1.54) is 12.2 Å². The van der Waals surface area contributed by atoms with E-state index in [-0.39, 0.29) is 11.8 Å². The first-order valence-electron chi connectivity index (χ1n) is 22.2. The third-order valence-corrected chi connectivity index (χ3v) is 11.1. The SMILES string of the molecule is CCC/C=C/C(=O)Oc1ccc(C2C(C(=O)Nc3ccc(C#Cc4ccccc4)cc3)C(c3ccc(OC(=O)/C=C/CCC)cc3)C2C(=O)Nc2ccc(C#Cc3ccccc3)cc2)cc1. The molecule has 6 aromatic carbocycles. The maximum atomic E-state index is 14.7. The molecule has 0 saturated heterocycles. The number of amides is 2. The highest BCUT2D eigenvalue weighted by atomic mass is 16.5. The van der Waals surface area contributed by atoms with Gasteiger partial charge in [0.25, 0.3) is 0 Å². The molecule has 2 amide bonds. The van der Waals surface area contributed by atoms with Gasteiger partial charge in [-0.25, -0.2) is 9.59 Å². The molecule has 0 aromatic heterocycles. The van der Waals surface area contributed by atoms with Gasteiger partial charge in [-0.3, -0.25) is 9.59 Å². The highest BCUT2D eigenvalue weighted by Crippen LogP contribution is 2.58. The van der Waals surface area contributed by atoms with Crippen LogP contribution in [-0.2, 0) is 19.2 Å². The van der Waals surface area contributed by atoms with Crippen LogP contribution in [0.5, 0.6) is 11.5 Å². The quantitative estimate of drug-likeness (QED) is 0.0488. The molecular formula is C58H50N2O6. The van der Waals surface area contributed by atoms with Gasteiger partial charge in [-0.15, -0.1) is 0 Å². The monoisotopic (exact) mass is 870 g/mol. The molecule has 1 aliphatic rings. The van der Waals surface area contributed by atoms with Crippen molar-refractivity contribution in [3.63, 3.8) is 0 Å². The summed E-state index contributed by atoms with van der Waals surface area (Å²) >= 11 is 0. The first-order valence-corrected chi connectivity index (χ1v) is 22.2. The van der Waals surface area contributed by atoms with Crippen LogP contribution in [0.1, 0.15) is 84.7 Å². The van der Waals surface area contributed by atoms with Gasteiger partial charge in [0.2, 0.25) is 11.8 Å². The van der Waals surface area contributed by atoms with E-state index in [9.17, 15) is 19.2 Å². The molecule has 0 aliphatic heterocycles. The van der Waals surface area contributed by atoms with Crippen molar-refractivity contribution in [3.05, 3.63) is 215 Å². The number of rotatable bonds is 14. The lowest BCUT2D eigenvalue weighted by Crippen LogP contribution is -2.53. The smallest absolute Gasteiger partial charge is 0.335 e. The molecule has 328 valence electrons. The molecule has 0 radical (unpaired) electrons. The van der Waals surface area contributed by atoms with Crippen LogP contribution >= 0.6 is 0 Å². The average Bonchev–Trinajstić information content (AvgIpc) is 3.33. The van der Waals surface area contributed by atoms with E-state index in [0.29, 0.717) is 22.9 Å². The molecule has 1 aliphatic carbocycles. The largest absolute Gasteiger partial charge is 0.423 e. The molecular weight excluding hydrogens is 821 g/mol. The van der Waals surface area contributed by atoms with E-state index in [0.717, 1.165) is 59.1 Å². The van der Waals surface area contributed by atoms with Crippen molar-refractivity contribution >= 4 is 35.1 Å². The number of nitrogens with one attached hydrogen (secondary N) is 2. The lowest BCUT2D eigenvalue weighted by Gasteiger charge is -2.50. The molecule has 8 nitrogen and oxygen atoms in total. The third-order valence-electron chi connectivity index (χ3n) is 11.1. The Balaban J connectivity index is 1.20. The van der Waals surface area contributed by atoms with Gasteiger partial charge in [0, 0.05) is 57.6 Å². The molecule has 7 rings (SSSR count). The fourth-order valence-corrected chi connectivity index (χ4v) is 7.80. The Labute approximate surface area is 386 Å². The maximum absolute atomic E-state index is 14.7. The van der Waals surface area contributed by atoms with Crippen LogP contribution in [0.3, 0.4) is 0 Å². The van der Waals surface area contributed by atoms with Gasteiger partial charge in [-0.05, 0) is 121 Å². The Morgan fingerprint density at radius 3 is 1.12 bits per heavy atom. The van der Waals surface area contributed by atoms with Crippen LogP contribution in [0.15, 0.2) is 182 Å². The Morgan fingerprint density at radius 2 is 0.788 bits per heavy atom. The average molecular weight is 871 g/mol. The number of anilines is 2. The fraction of sp³-hybridized carbons (Fsp3) is 0.172. The minimum absolute atomic E-state index is 0.286. The van der Waals surface area contributed by atoms with Crippen LogP contribution in [0.25, 0.3) is 0 Å². The molecule has 8 heteroatoms. The van der Waals surface area contributed by atoms with Gasteiger partial charge >= 0.3 is 11.9 Å². The van der Waals surface area contributed by atoms with E-state index in [4.69, 9.17) is 9.47 Å². The van der Waals surface area contributed by atoms with Crippen molar-refractivity contribution in [3.8, 4) is 35.2 Å². The van der Waals surface area contributed by atoms with Gasteiger partial charge in [0.05, 0.1) is 11.8 Å². The van der Waals surface area contributed by atoms with E-state index >= 15 is 0 Å². The summed E-state index contributed by atoms with van der Waals surface area (Å²) in [6.45, 7) is 4.05. The molecule has 2 N–H and O–H groups in total. The summed E-state index contributed by atoms with van der Waals surface area (Å²) in [5.74, 6) is 9.12. The fourth-order valence-electron chi connectivity index (χ4n) is 7.80. The number of carbonyl (C=O) groups is 4. The predicted octanol–water partition coefficient (Wildman–Crippen LogP) is 11.4. The Hall–Kier alpha value is -8.20. The summed E-state index contributed by atoms with van der Waals surface area (Å²) in [5, 5.41) is 6.24. The lowest BCUT2D eigenvalue weighted by molar-refractivity contribution is -0.135. The number of unbranched alkanes of at least 4 members (excludes halogenated alkanes) is 2. The summed E-state index contributed by atoms with van der Waals surface area (Å²) in [7, 11) is 0. The second-order valence-electron chi connectivity index (χ2n) is 15.8. The number of benzene rings is 6. The van der Waals surface area contributed by atoms with Crippen LogP contribution < -0.4 is 20.1 Å². The Morgan fingerprint density at radius 1 is 0.455 bits per heavy atom. The minimum atomic E-state index is -0.732. The number of esters is 2.